The van der Waals surface area contributed by atoms with Crippen LogP contribution >= 0.6 is 0 Å². The topological polar surface area (TPSA) is 98.7 Å². The first kappa shape index (κ1) is 12.2. The molecule has 96 valence electrons. The van der Waals surface area contributed by atoms with Crippen molar-refractivity contribution in [3.63, 3.8) is 0 Å². The maximum absolute atomic E-state index is 11.9. The second-order valence-electron chi connectivity index (χ2n) is 4.18. The molecule has 0 amide bonds. The monoisotopic (exact) mass is 249 g/mol. The Labute approximate surface area is 103 Å². The van der Waals surface area contributed by atoms with Gasteiger partial charge < -0.3 is 5.73 Å². The Morgan fingerprint density at radius 1 is 1.28 bits per heavy atom. The van der Waals surface area contributed by atoms with Crippen molar-refractivity contribution in [1.29, 1.82) is 0 Å². The van der Waals surface area contributed by atoms with Gasteiger partial charge in [-0.1, -0.05) is 0 Å². The highest BCUT2D eigenvalue weighted by atomic mass is 16.2. The first-order valence-electron chi connectivity index (χ1n) is 5.57. The average Bonchev–Trinajstić information content (AvgIpc) is 2.75. The molecule has 0 atom stereocenters. The van der Waals surface area contributed by atoms with Gasteiger partial charge in [-0.15, -0.1) is 0 Å². The Bertz CT molecular complexity index is 679. The predicted molar refractivity (Wildman–Crippen MR) is 67.4 cm³/mol. The molecule has 7 nitrogen and oxygen atoms in total. The second-order valence-corrected chi connectivity index (χ2v) is 4.18. The van der Waals surface area contributed by atoms with E-state index < -0.39 is 0 Å². The second kappa shape index (κ2) is 4.52. The summed E-state index contributed by atoms with van der Waals surface area (Å²) in [6.07, 6.45) is 3.20. The summed E-state index contributed by atoms with van der Waals surface area (Å²) in [7, 11) is 0. The van der Waals surface area contributed by atoms with E-state index in [2.05, 4.69) is 10.2 Å². The van der Waals surface area contributed by atoms with Crippen LogP contribution < -0.4 is 16.9 Å². The van der Waals surface area contributed by atoms with Gasteiger partial charge in [0, 0.05) is 17.3 Å². The smallest absolute Gasteiger partial charge is 0.268 e. The fourth-order valence-electron chi connectivity index (χ4n) is 1.65. The number of nitrogens with zero attached hydrogens (tertiary/aromatic N) is 3. The number of hydrogen-bond acceptors (Lipinski definition) is 4. The minimum atomic E-state index is -0.243. The Balaban J connectivity index is 2.25. The lowest BCUT2D eigenvalue weighted by atomic mass is 10.2. The Morgan fingerprint density at radius 2 is 2.00 bits per heavy atom. The number of aryl methyl sites for hydroxylation is 2. The summed E-state index contributed by atoms with van der Waals surface area (Å²) < 4.78 is 2.91. The number of nitrogens with one attached hydrogen (secondary N) is 1. The van der Waals surface area contributed by atoms with Crippen molar-refractivity contribution < 1.29 is 0 Å². The zero-order valence-corrected chi connectivity index (χ0v) is 10.3. The normalized spacial score (nSPS) is 10.8. The molecule has 0 unspecified atom stereocenters. The molecule has 0 saturated carbocycles. The van der Waals surface area contributed by atoms with Gasteiger partial charge in [0.25, 0.3) is 11.1 Å². The first-order chi connectivity index (χ1) is 8.49. The summed E-state index contributed by atoms with van der Waals surface area (Å²) in [6.45, 7) is 4.09. The number of nitrogens with two attached hydrogens (primary N) is 1. The van der Waals surface area contributed by atoms with E-state index in [9.17, 15) is 9.59 Å². The van der Waals surface area contributed by atoms with Crippen molar-refractivity contribution in [3.05, 3.63) is 44.2 Å². The molecule has 2 aromatic heterocycles. The molecule has 0 aliphatic carbocycles. The van der Waals surface area contributed by atoms with E-state index in [0.29, 0.717) is 29.9 Å². The van der Waals surface area contributed by atoms with E-state index >= 15 is 0 Å². The lowest BCUT2D eigenvalue weighted by Gasteiger charge is -2.08. The van der Waals surface area contributed by atoms with Crippen LogP contribution in [0.4, 0.5) is 5.69 Å². The van der Waals surface area contributed by atoms with E-state index in [0.717, 1.165) is 0 Å². The van der Waals surface area contributed by atoms with Crippen LogP contribution in [0.5, 0.6) is 0 Å². The molecule has 0 aliphatic heterocycles. The van der Waals surface area contributed by atoms with Gasteiger partial charge in [-0.05, 0) is 13.8 Å². The van der Waals surface area contributed by atoms with Crippen molar-refractivity contribution in [3.8, 4) is 0 Å². The van der Waals surface area contributed by atoms with E-state index in [1.165, 1.54) is 10.9 Å². The van der Waals surface area contributed by atoms with E-state index in [4.69, 9.17) is 5.73 Å². The molecule has 2 aromatic rings. The Morgan fingerprint density at radius 3 is 2.61 bits per heavy atom. The van der Waals surface area contributed by atoms with Crippen molar-refractivity contribution >= 4 is 5.69 Å². The van der Waals surface area contributed by atoms with Crippen LogP contribution in [-0.4, -0.2) is 19.6 Å². The maximum atomic E-state index is 11.9. The third-order valence-electron chi connectivity index (χ3n) is 2.91. The zero-order chi connectivity index (χ0) is 13.3. The van der Waals surface area contributed by atoms with Crippen LogP contribution in [0.25, 0.3) is 0 Å². The number of aromatic amines is 1. The molecule has 0 fully saturated rings. The third kappa shape index (κ3) is 2.20. The van der Waals surface area contributed by atoms with Gasteiger partial charge in [0.2, 0.25) is 0 Å². The van der Waals surface area contributed by atoms with Gasteiger partial charge in [-0.25, -0.2) is 4.68 Å². The number of aromatic nitrogens is 4. The van der Waals surface area contributed by atoms with Crippen LogP contribution in [0.1, 0.15) is 11.1 Å². The van der Waals surface area contributed by atoms with Gasteiger partial charge in [-0.2, -0.15) is 5.10 Å². The first-order valence-corrected chi connectivity index (χ1v) is 5.57. The molecule has 7 heteroatoms. The largest absolute Gasteiger partial charge is 0.396 e. The zero-order valence-electron chi connectivity index (χ0n) is 10.3. The number of anilines is 1. The van der Waals surface area contributed by atoms with Gasteiger partial charge in [-0.3, -0.25) is 19.4 Å². The summed E-state index contributed by atoms with van der Waals surface area (Å²) in [6, 6.07) is 0. The van der Waals surface area contributed by atoms with Gasteiger partial charge in [0.1, 0.15) is 0 Å². The van der Waals surface area contributed by atoms with E-state index in [-0.39, 0.29) is 11.1 Å². The maximum Gasteiger partial charge on any atom is 0.268 e. The highest BCUT2D eigenvalue weighted by molar-refractivity contribution is 5.30. The standard InChI is InChI=1S/C11H15N5O2/c1-7-8(2)11(18)16(14-10(7)17)4-3-15-6-9(12)5-13-15/h5-6H,3-4,12H2,1-2H3,(H,14,17). The van der Waals surface area contributed by atoms with Crippen molar-refractivity contribution in [1.82, 2.24) is 19.6 Å². The molecule has 2 heterocycles. The van der Waals surface area contributed by atoms with Crippen LogP contribution in [-0.2, 0) is 13.1 Å². The van der Waals surface area contributed by atoms with Crippen molar-refractivity contribution in [2.45, 2.75) is 26.9 Å². The van der Waals surface area contributed by atoms with Gasteiger partial charge >= 0.3 is 0 Å². The van der Waals surface area contributed by atoms with Gasteiger partial charge in [0.15, 0.2) is 0 Å². The summed E-state index contributed by atoms with van der Waals surface area (Å²) in [5, 5.41) is 6.55. The predicted octanol–water partition coefficient (Wildman–Crippen LogP) is -0.368. The number of hydrogen-bond donors (Lipinski definition) is 2. The van der Waals surface area contributed by atoms with Crippen LogP contribution in [0, 0.1) is 13.8 Å². The van der Waals surface area contributed by atoms with E-state index in [1.807, 2.05) is 0 Å². The minimum Gasteiger partial charge on any atom is -0.396 e. The third-order valence-corrected chi connectivity index (χ3v) is 2.91. The molecular formula is C11H15N5O2. The lowest BCUT2D eigenvalue weighted by molar-refractivity contribution is 0.476. The average molecular weight is 249 g/mol. The molecule has 0 bridgehead atoms. The molecule has 18 heavy (non-hydrogen) atoms. The molecule has 0 spiro atoms. The van der Waals surface area contributed by atoms with Crippen LogP contribution in [0.15, 0.2) is 22.0 Å². The summed E-state index contributed by atoms with van der Waals surface area (Å²) in [5.74, 6) is 0. The van der Waals surface area contributed by atoms with Crippen LogP contribution in [0.3, 0.4) is 0 Å². The summed E-state index contributed by atoms with van der Waals surface area (Å²) in [4.78, 5) is 23.5. The molecule has 0 aromatic carbocycles. The molecule has 3 N–H and O–H groups in total. The quantitative estimate of drug-likeness (QED) is 0.775. The fraction of sp³-hybridized carbons (Fsp3) is 0.364. The molecule has 0 saturated heterocycles. The molecule has 0 aliphatic rings. The molecule has 0 radical (unpaired) electrons. The number of rotatable bonds is 3. The van der Waals surface area contributed by atoms with E-state index in [1.54, 1.807) is 24.7 Å². The lowest BCUT2D eigenvalue weighted by Crippen LogP contribution is -2.34. The number of H-pyrrole nitrogens is 1. The highest BCUT2D eigenvalue weighted by Crippen LogP contribution is 1.98. The SMILES string of the molecule is Cc1c(C)c(=O)n(CCn2cc(N)cn2)[nH]c1=O. The molecular weight excluding hydrogens is 234 g/mol. The fourth-order valence-corrected chi connectivity index (χ4v) is 1.65. The minimum absolute atomic E-state index is 0.188. The number of nitrogen functional groups attached to an aromatic ring is 1. The van der Waals surface area contributed by atoms with Crippen molar-refractivity contribution in [2.75, 3.05) is 5.73 Å². The van der Waals surface area contributed by atoms with Gasteiger partial charge in [0.05, 0.1) is 25.0 Å². The molecule has 2 rings (SSSR count). The summed E-state index contributed by atoms with van der Waals surface area (Å²) >= 11 is 0. The summed E-state index contributed by atoms with van der Waals surface area (Å²) in [5.41, 5.74) is 6.60. The van der Waals surface area contributed by atoms with Crippen LogP contribution in [0.2, 0.25) is 0 Å². The highest BCUT2D eigenvalue weighted by Gasteiger charge is 2.07. The Hall–Kier alpha value is -2.31. The Kier molecular flexibility index (Phi) is 3.05. The van der Waals surface area contributed by atoms with Crippen molar-refractivity contribution in [2.24, 2.45) is 0 Å².